The van der Waals surface area contributed by atoms with Crippen molar-refractivity contribution in [2.75, 3.05) is 25.3 Å². The number of carbonyl (C=O) groups excluding carboxylic acids is 1. The summed E-state index contributed by atoms with van der Waals surface area (Å²) in [5.74, 6) is -0.0838. The summed E-state index contributed by atoms with van der Waals surface area (Å²) in [7, 11) is -3.50. The molecule has 0 radical (unpaired) electrons. The van der Waals surface area contributed by atoms with Crippen molar-refractivity contribution in [3.05, 3.63) is 35.2 Å². The molecule has 1 saturated carbocycles. The highest BCUT2D eigenvalue weighted by atomic mass is 32.2. The molecule has 1 aliphatic rings. The lowest BCUT2D eigenvalue weighted by molar-refractivity contribution is 0.0903. The number of aryl methyl sites for hydroxylation is 1. The highest BCUT2D eigenvalue weighted by Crippen LogP contribution is 2.44. The zero-order valence-corrected chi connectivity index (χ0v) is 17.3. The number of nitrogens with one attached hydrogen (secondary N) is 1. The number of nitrogens with zero attached hydrogens (tertiary/aromatic N) is 3. The summed E-state index contributed by atoms with van der Waals surface area (Å²) in [6.45, 7) is 2.28. The van der Waals surface area contributed by atoms with E-state index in [9.17, 15) is 17.6 Å². The molecule has 0 spiro atoms. The van der Waals surface area contributed by atoms with Gasteiger partial charge in [-0.15, -0.1) is 0 Å². The predicted octanol–water partition coefficient (Wildman–Crippen LogP) is 1.69. The van der Waals surface area contributed by atoms with E-state index in [0.29, 0.717) is 11.7 Å². The number of halogens is 1. The van der Waals surface area contributed by atoms with E-state index in [1.165, 1.54) is 13.0 Å². The Hall–Kier alpha value is -2.56. The van der Waals surface area contributed by atoms with Gasteiger partial charge in [0, 0.05) is 31.0 Å². The second-order valence-corrected chi connectivity index (χ2v) is 9.55. The molecule has 3 rings (SSSR count). The molecule has 9 nitrogen and oxygen atoms in total. The maximum Gasteiger partial charge on any atom is 0.270 e. The standard InChI is InChI=1S/C18H23FN4O5S/c1-11-21-17(23-28-11)18(2,10-29(3,25)26)22-16(24)14-8-15(27-7-6-19)13(9-20-14)12-4-5-12/h8-9,12H,4-7,10H2,1-3H3,(H,22,24)/t18-/m0/s1. The molecule has 158 valence electrons. The molecule has 0 aliphatic heterocycles. The van der Waals surface area contributed by atoms with Gasteiger partial charge in [0.05, 0.1) is 5.75 Å². The van der Waals surface area contributed by atoms with Crippen LogP contribution in [0.3, 0.4) is 0 Å². The Kier molecular flexibility index (Phi) is 5.87. The number of aromatic nitrogens is 3. The van der Waals surface area contributed by atoms with E-state index >= 15 is 0 Å². The summed E-state index contributed by atoms with van der Waals surface area (Å²) < 4.78 is 46.8. The smallest absolute Gasteiger partial charge is 0.270 e. The third-order valence-corrected chi connectivity index (χ3v) is 5.54. The molecule has 0 saturated heterocycles. The lowest BCUT2D eigenvalue weighted by Gasteiger charge is -2.26. The number of pyridine rings is 1. The van der Waals surface area contributed by atoms with Crippen LogP contribution in [-0.2, 0) is 15.4 Å². The Morgan fingerprint density at radius 3 is 2.72 bits per heavy atom. The van der Waals surface area contributed by atoms with Gasteiger partial charge >= 0.3 is 0 Å². The minimum Gasteiger partial charge on any atom is -0.490 e. The van der Waals surface area contributed by atoms with Crippen molar-refractivity contribution < 1.29 is 26.9 Å². The van der Waals surface area contributed by atoms with Gasteiger partial charge in [0.15, 0.2) is 5.82 Å². The highest BCUT2D eigenvalue weighted by molar-refractivity contribution is 7.90. The number of rotatable bonds is 9. The second-order valence-electron chi connectivity index (χ2n) is 7.41. The van der Waals surface area contributed by atoms with Crippen LogP contribution >= 0.6 is 0 Å². The number of sulfone groups is 1. The first-order valence-corrected chi connectivity index (χ1v) is 11.2. The summed E-state index contributed by atoms with van der Waals surface area (Å²) in [6.07, 6.45) is 4.58. The molecule has 29 heavy (non-hydrogen) atoms. The van der Waals surface area contributed by atoms with Crippen molar-refractivity contribution in [2.24, 2.45) is 0 Å². The fraction of sp³-hybridized carbons (Fsp3) is 0.556. The predicted molar refractivity (Wildman–Crippen MR) is 101 cm³/mol. The molecule has 2 aromatic heterocycles. The first-order valence-electron chi connectivity index (χ1n) is 9.11. The molecule has 0 unspecified atom stereocenters. The monoisotopic (exact) mass is 426 g/mol. The second kappa shape index (κ2) is 8.05. The summed E-state index contributed by atoms with van der Waals surface area (Å²) in [4.78, 5) is 21.1. The van der Waals surface area contributed by atoms with Gasteiger partial charge in [-0.2, -0.15) is 4.98 Å². The van der Waals surface area contributed by atoms with Crippen LogP contribution in [0.5, 0.6) is 5.75 Å². The van der Waals surface area contributed by atoms with E-state index in [4.69, 9.17) is 9.26 Å². The van der Waals surface area contributed by atoms with Crippen molar-refractivity contribution in [1.29, 1.82) is 0 Å². The molecule has 0 bridgehead atoms. The molecule has 1 aliphatic carbocycles. The lowest BCUT2D eigenvalue weighted by Crippen LogP contribution is -2.49. The Morgan fingerprint density at radius 2 is 2.17 bits per heavy atom. The summed E-state index contributed by atoms with van der Waals surface area (Å²) >= 11 is 0. The molecule has 11 heteroatoms. The van der Waals surface area contributed by atoms with Crippen molar-refractivity contribution in [1.82, 2.24) is 20.4 Å². The average Bonchev–Trinajstić information content (AvgIpc) is 3.38. The van der Waals surface area contributed by atoms with E-state index in [-0.39, 0.29) is 24.0 Å². The van der Waals surface area contributed by atoms with Crippen molar-refractivity contribution in [3.8, 4) is 5.75 Å². The summed E-state index contributed by atoms with van der Waals surface area (Å²) in [6, 6.07) is 1.45. The van der Waals surface area contributed by atoms with Crippen LogP contribution in [0, 0.1) is 6.92 Å². The van der Waals surface area contributed by atoms with Gasteiger partial charge in [0.1, 0.15) is 40.1 Å². The molecule has 1 fully saturated rings. The van der Waals surface area contributed by atoms with Gasteiger partial charge in [0.25, 0.3) is 5.91 Å². The Labute approximate surface area is 168 Å². The van der Waals surface area contributed by atoms with Gasteiger partial charge < -0.3 is 14.6 Å². The maximum atomic E-state index is 12.9. The molecule has 1 N–H and O–H groups in total. The Bertz CT molecular complexity index is 1010. The van der Waals surface area contributed by atoms with Crippen molar-refractivity contribution in [2.45, 2.75) is 38.1 Å². The zero-order chi connectivity index (χ0) is 21.2. The third kappa shape index (κ3) is 5.28. The molecule has 2 heterocycles. The minimum absolute atomic E-state index is 0.0169. The normalized spacial score (nSPS) is 16.3. The first-order chi connectivity index (χ1) is 13.6. The lowest BCUT2D eigenvalue weighted by atomic mass is 10.0. The van der Waals surface area contributed by atoms with E-state index in [1.54, 1.807) is 13.1 Å². The molecule has 2 aromatic rings. The van der Waals surface area contributed by atoms with Crippen LogP contribution in [0.1, 0.15) is 53.5 Å². The van der Waals surface area contributed by atoms with Crippen LogP contribution in [0.2, 0.25) is 0 Å². The van der Waals surface area contributed by atoms with Crippen LogP contribution in [-0.4, -0.2) is 54.7 Å². The number of amides is 1. The molecular formula is C18H23FN4O5S. The van der Waals surface area contributed by atoms with Gasteiger partial charge in [-0.05, 0) is 25.7 Å². The first kappa shape index (κ1) is 21.2. The zero-order valence-electron chi connectivity index (χ0n) is 16.4. The summed E-state index contributed by atoms with van der Waals surface area (Å²) in [5, 5.41) is 6.42. The van der Waals surface area contributed by atoms with Crippen molar-refractivity contribution in [3.63, 3.8) is 0 Å². The number of hydrogen-bond donors (Lipinski definition) is 1. The minimum atomic E-state index is -3.50. The van der Waals surface area contributed by atoms with E-state index < -0.39 is 33.7 Å². The topological polar surface area (TPSA) is 124 Å². The number of hydrogen-bond acceptors (Lipinski definition) is 8. The number of carbonyl (C=O) groups is 1. The molecule has 1 atom stereocenters. The fourth-order valence-electron chi connectivity index (χ4n) is 3.07. The maximum absolute atomic E-state index is 12.9. The molecular weight excluding hydrogens is 403 g/mol. The number of ether oxygens (including phenoxy) is 1. The SMILES string of the molecule is Cc1nc([C@](C)(CS(C)(=O)=O)NC(=O)c2cc(OCCF)c(C3CC3)cn2)no1. The highest BCUT2D eigenvalue weighted by Gasteiger charge is 2.38. The van der Waals surface area contributed by atoms with Crippen LogP contribution in [0.25, 0.3) is 0 Å². The number of alkyl halides is 1. The van der Waals surface area contributed by atoms with Crippen molar-refractivity contribution >= 4 is 15.7 Å². The van der Waals surface area contributed by atoms with Crippen LogP contribution in [0.4, 0.5) is 4.39 Å². The summed E-state index contributed by atoms with van der Waals surface area (Å²) in [5.41, 5.74) is -0.579. The Balaban J connectivity index is 1.89. The van der Waals surface area contributed by atoms with Crippen LogP contribution < -0.4 is 10.1 Å². The van der Waals surface area contributed by atoms with Gasteiger partial charge in [-0.1, -0.05) is 5.16 Å². The van der Waals surface area contributed by atoms with Gasteiger partial charge in [-0.3, -0.25) is 9.78 Å². The largest absolute Gasteiger partial charge is 0.490 e. The quantitative estimate of drug-likeness (QED) is 0.642. The molecule has 0 aromatic carbocycles. The fourth-order valence-corrected chi connectivity index (χ4v) is 4.32. The van der Waals surface area contributed by atoms with Gasteiger partial charge in [-0.25, -0.2) is 12.8 Å². The van der Waals surface area contributed by atoms with E-state index in [2.05, 4.69) is 20.4 Å². The third-order valence-electron chi connectivity index (χ3n) is 4.44. The Morgan fingerprint density at radius 1 is 1.45 bits per heavy atom. The molecule has 1 amide bonds. The van der Waals surface area contributed by atoms with Crippen LogP contribution in [0.15, 0.2) is 16.8 Å². The average molecular weight is 426 g/mol. The van der Waals surface area contributed by atoms with E-state index in [1.807, 2.05) is 0 Å². The van der Waals surface area contributed by atoms with Gasteiger partial charge in [0.2, 0.25) is 5.89 Å². The van der Waals surface area contributed by atoms with E-state index in [0.717, 1.165) is 24.7 Å².